The lowest BCUT2D eigenvalue weighted by atomic mass is 10.00. The molecule has 5 nitrogen and oxygen atoms in total. The Kier molecular flexibility index (Phi) is 6.80. The summed E-state index contributed by atoms with van der Waals surface area (Å²) >= 11 is 18.8. The zero-order valence-corrected chi connectivity index (χ0v) is 19.5. The number of halogens is 3. The highest BCUT2D eigenvalue weighted by Crippen LogP contribution is 2.42. The molecule has 0 fully saturated rings. The van der Waals surface area contributed by atoms with Gasteiger partial charge in [0.1, 0.15) is 5.75 Å². The first-order valence-electron chi connectivity index (χ1n) is 9.78. The summed E-state index contributed by atoms with van der Waals surface area (Å²) in [6.45, 7) is 3.79. The average molecular weight is 487 g/mol. The van der Waals surface area contributed by atoms with Gasteiger partial charge < -0.3 is 9.47 Å². The molecular formula is C24H18Cl3N3O2. The normalized spacial score (nSPS) is 10.9. The summed E-state index contributed by atoms with van der Waals surface area (Å²) in [4.78, 5) is 13.4. The molecule has 0 radical (unpaired) electrons. The summed E-state index contributed by atoms with van der Waals surface area (Å²) < 4.78 is 12.0. The van der Waals surface area contributed by atoms with E-state index in [4.69, 9.17) is 44.3 Å². The van der Waals surface area contributed by atoms with Gasteiger partial charge in [0.25, 0.3) is 0 Å². The maximum Gasteiger partial charge on any atom is 0.320 e. The Hall–Kier alpha value is -2.86. The summed E-state index contributed by atoms with van der Waals surface area (Å²) in [5.41, 5.74) is 2.63. The monoisotopic (exact) mass is 485 g/mol. The molecule has 0 saturated heterocycles. The van der Waals surface area contributed by atoms with Crippen molar-refractivity contribution >= 4 is 34.8 Å². The summed E-state index contributed by atoms with van der Waals surface area (Å²) in [5.74, 6) is 0.817. The Labute approximate surface area is 200 Å². The van der Waals surface area contributed by atoms with Crippen molar-refractivity contribution in [2.24, 2.45) is 0 Å². The summed E-state index contributed by atoms with van der Waals surface area (Å²) in [5, 5.41) is 1.57. The van der Waals surface area contributed by atoms with Crippen LogP contribution >= 0.6 is 34.8 Å². The molecule has 4 rings (SSSR count). The van der Waals surface area contributed by atoms with Gasteiger partial charge in [-0.25, -0.2) is 0 Å². The second-order valence-electron chi connectivity index (χ2n) is 7.12. The van der Waals surface area contributed by atoms with Crippen LogP contribution in [0.5, 0.6) is 17.6 Å². The van der Waals surface area contributed by atoms with Gasteiger partial charge in [0.2, 0.25) is 5.88 Å². The van der Waals surface area contributed by atoms with Gasteiger partial charge in [0.15, 0.2) is 0 Å². The molecule has 0 bridgehead atoms. The topological polar surface area (TPSA) is 57.1 Å². The zero-order valence-electron chi connectivity index (χ0n) is 17.2. The van der Waals surface area contributed by atoms with Crippen molar-refractivity contribution < 1.29 is 9.47 Å². The summed E-state index contributed by atoms with van der Waals surface area (Å²) in [6.07, 6.45) is 3.13. The zero-order chi connectivity index (χ0) is 22.7. The van der Waals surface area contributed by atoms with Gasteiger partial charge in [-0.1, -0.05) is 46.9 Å². The Morgan fingerprint density at radius 2 is 1.62 bits per heavy atom. The van der Waals surface area contributed by atoms with Crippen molar-refractivity contribution in [3.63, 3.8) is 0 Å². The number of nitrogens with zero attached hydrogens (tertiary/aromatic N) is 3. The van der Waals surface area contributed by atoms with E-state index < -0.39 is 0 Å². The van der Waals surface area contributed by atoms with Crippen molar-refractivity contribution in [3.8, 4) is 40.0 Å². The lowest BCUT2D eigenvalue weighted by molar-refractivity contribution is 0.220. The van der Waals surface area contributed by atoms with Crippen LogP contribution in [0, 0.1) is 0 Å². The maximum absolute atomic E-state index is 6.56. The smallest absolute Gasteiger partial charge is 0.320 e. The molecule has 0 aliphatic carbocycles. The molecule has 2 aromatic heterocycles. The van der Waals surface area contributed by atoms with Crippen LogP contribution in [-0.2, 0) is 0 Å². The Morgan fingerprint density at radius 1 is 0.875 bits per heavy atom. The van der Waals surface area contributed by atoms with E-state index >= 15 is 0 Å². The molecule has 0 saturated carbocycles. The highest BCUT2D eigenvalue weighted by atomic mass is 35.5. The molecule has 2 aromatic carbocycles. The van der Waals surface area contributed by atoms with Crippen LogP contribution in [0.4, 0.5) is 0 Å². The number of ether oxygens (including phenoxy) is 2. The second kappa shape index (κ2) is 9.74. The average Bonchev–Trinajstić information content (AvgIpc) is 2.75. The third-order valence-corrected chi connectivity index (χ3v) is 5.16. The molecule has 2 heterocycles. The van der Waals surface area contributed by atoms with Crippen LogP contribution in [0.15, 0.2) is 67.0 Å². The van der Waals surface area contributed by atoms with Crippen LogP contribution in [0.3, 0.4) is 0 Å². The molecule has 0 unspecified atom stereocenters. The van der Waals surface area contributed by atoms with E-state index in [1.165, 1.54) is 0 Å². The van der Waals surface area contributed by atoms with E-state index in [2.05, 4.69) is 15.0 Å². The number of rotatable bonds is 6. The molecule has 0 aliphatic heterocycles. The minimum atomic E-state index is -0.142. The van der Waals surface area contributed by atoms with E-state index in [0.717, 1.165) is 5.56 Å². The van der Waals surface area contributed by atoms with Crippen molar-refractivity contribution in [3.05, 3.63) is 82.1 Å². The van der Waals surface area contributed by atoms with Crippen molar-refractivity contribution in [1.82, 2.24) is 15.0 Å². The maximum atomic E-state index is 6.56. The molecule has 0 amide bonds. The number of benzene rings is 2. The number of hydrogen-bond donors (Lipinski definition) is 0. The van der Waals surface area contributed by atoms with Crippen LogP contribution in [-0.4, -0.2) is 21.1 Å². The quantitative estimate of drug-likeness (QED) is 0.279. The molecule has 0 atom stereocenters. The lowest BCUT2D eigenvalue weighted by Crippen LogP contribution is -2.10. The largest absolute Gasteiger partial charge is 0.461 e. The SMILES string of the molecule is CC(C)Oc1nc(Oc2cccnc2)c(-c2ccc(Cl)cc2)c(-c2ccc(Cl)cc2Cl)n1. The fourth-order valence-electron chi connectivity index (χ4n) is 3.03. The van der Waals surface area contributed by atoms with E-state index in [-0.39, 0.29) is 12.1 Å². The van der Waals surface area contributed by atoms with Crippen LogP contribution in [0.25, 0.3) is 22.4 Å². The van der Waals surface area contributed by atoms with E-state index in [0.29, 0.717) is 43.5 Å². The highest BCUT2D eigenvalue weighted by Gasteiger charge is 2.22. The molecule has 0 spiro atoms. The fourth-order valence-corrected chi connectivity index (χ4v) is 3.65. The van der Waals surface area contributed by atoms with Gasteiger partial charge in [-0.15, -0.1) is 0 Å². The number of hydrogen-bond acceptors (Lipinski definition) is 5. The van der Waals surface area contributed by atoms with E-state index in [9.17, 15) is 0 Å². The first-order chi connectivity index (χ1) is 15.4. The minimum absolute atomic E-state index is 0.142. The third kappa shape index (κ3) is 5.13. The first-order valence-corrected chi connectivity index (χ1v) is 10.9. The van der Waals surface area contributed by atoms with Crippen molar-refractivity contribution in [2.75, 3.05) is 0 Å². The van der Waals surface area contributed by atoms with E-state index in [1.807, 2.05) is 26.0 Å². The third-order valence-electron chi connectivity index (χ3n) is 4.36. The highest BCUT2D eigenvalue weighted by molar-refractivity contribution is 6.36. The minimum Gasteiger partial charge on any atom is -0.461 e. The van der Waals surface area contributed by atoms with Crippen molar-refractivity contribution in [2.45, 2.75) is 20.0 Å². The Bertz CT molecular complexity index is 1230. The van der Waals surface area contributed by atoms with Crippen molar-refractivity contribution in [1.29, 1.82) is 0 Å². The summed E-state index contributed by atoms with van der Waals surface area (Å²) in [6, 6.07) is 16.3. The Morgan fingerprint density at radius 3 is 2.28 bits per heavy atom. The molecular weight excluding hydrogens is 469 g/mol. The molecule has 162 valence electrons. The molecule has 0 N–H and O–H groups in total. The lowest BCUT2D eigenvalue weighted by Gasteiger charge is -2.18. The van der Waals surface area contributed by atoms with Gasteiger partial charge in [-0.2, -0.15) is 9.97 Å². The second-order valence-corrected chi connectivity index (χ2v) is 8.40. The van der Waals surface area contributed by atoms with Crippen LogP contribution < -0.4 is 9.47 Å². The van der Waals surface area contributed by atoms with Gasteiger partial charge in [0.05, 0.1) is 28.6 Å². The standard InChI is InChI=1S/C24H18Cl3N3O2/c1-14(2)31-24-29-22(19-10-9-17(26)12-20(19)27)21(15-5-7-16(25)8-6-15)23(30-24)32-18-4-3-11-28-13-18/h3-14H,1-2H3. The van der Waals surface area contributed by atoms with Gasteiger partial charge in [-0.3, -0.25) is 4.98 Å². The fraction of sp³-hybridized carbons (Fsp3) is 0.125. The van der Waals surface area contributed by atoms with Gasteiger partial charge >= 0.3 is 6.01 Å². The van der Waals surface area contributed by atoms with Crippen LogP contribution in [0.2, 0.25) is 15.1 Å². The van der Waals surface area contributed by atoms with Gasteiger partial charge in [0, 0.05) is 21.8 Å². The van der Waals surface area contributed by atoms with Gasteiger partial charge in [-0.05, 0) is 61.9 Å². The number of aromatic nitrogens is 3. The number of pyridine rings is 1. The first kappa shape index (κ1) is 22.3. The molecule has 32 heavy (non-hydrogen) atoms. The predicted octanol–water partition coefficient (Wildman–Crippen LogP) is 7.75. The molecule has 8 heteroatoms. The molecule has 4 aromatic rings. The molecule has 0 aliphatic rings. The summed E-state index contributed by atoms with van der Waals surface area (Å²) in [7, 11) is 0. The Balaban J connectivity index is 2.00. The van der Waals surface area contributed by atoms with Crippen LogP contribution in [0.1, 0.15) is 13.8 Å². The predicted molar refractivity (Wildman–Crippen MR) is 128 cm³/mol. The van der Waals surface area contributed by atoms with E-state index in [1.54, 1.807) is 54.9 Å².